The molecule has 2 aromatic heterocycles. The van der Waals surface area contributed by atoms with Gasteiger partial charge in [-0.2, -0.15) is 5.26 Å². The number of fused-ring (bicyclic) bond motifs is 1. The Morgan fingerprint density at radius 1 is 1.53 bits per heavy atom. The van der Waals surface area contributed by atoms with Gasteiger partial charge in [0.2, 0.25) is 0 Å². The summed E-state index contributed by atoms with van der Waals surface area (Å²) in [5.74, 6) is -0.857. The smallest absolute Gasteiger partial charge is 0.317 e. The highest BCUT2D eigenvalue weighted by atomic mass is 16.4. The maximum absolute atomic E-state index is 10.8. The molecule has 2 aromatic rings. The molecule has 19 heavy (non-hydrogen) atoms. The molecule has 0 amide bonds. The molecule has 0 unspecified atom stereocenters. The Kier molecular flexibility index (Phi) is 3.83. The third-order valence-electron chi connectivity index (χ3n) is 3.07. The second-order valence-corrected chi connectivity index (χ2v) is 4.33. The first-order valence-electron chi connectivity index (χ1n) is 6.08. The van der Waals surface area contributed by atoms with E-state index in [0.717, 1.165) is 11.1 Å². The van der Waals surface area contributed by atoms with Gasteiger partial charge in [-0.25, -0.2) is 0 Å². The lowest BCUT2D eigenvalue weighted by atomic mass is 10.1. The summed E-state index contributed by atoms with van der Waals surface area (Å²) in [5.41, 5.74) is 2.33. The molecule has 5 nitrogen and oxygen atoms in total. The fourth-order valence-electron chi connectivity index (χ4n) is 2.14. The first-order chi connectivity index (χ1) is 9.15. The fraction of sp³-hybridized carbons (Fsp3) is 0.286. The van der Waals surface area contributed by atoms with Gasteiger partial charge in [0.1, 0.15) is 6.07 Å². The van der Waals surface area contributed by atoms with Crippen molar-refractivity contribution in [2.24, 2.45) is 0 Å². The summed E-state index contributed by atoms with van der Waals surface area (Å²) >= 11 is 0. The molecule has 2 rings (SSSR count). The second-order valence-electron chi connectivity index (χ2n) is 4.33. The van der Waals surface area contributed by atoms with Crippen molar-refractivity contribution < 1.29 is 9.90 Å². The van der Waals surface area contributed by atoms with Crippen LogP contribution in [0.15, 0.2) is 30.6 Å². The summed E-state index contributed by atoms with van der Waals surface area (Å²) in [6.07, 6.45) is 3.77. The van der Waals surface area contributed by atoms with Crippen molar-refractivity contribution in [2.45, 2.75) is 13.5 Å². The molecule has 0 aliphatic heterocycles. The zero-order valence-electron chi connectivity index (χ0n) is 10.7. The molecule has 1 N–H and O–H groups in total. The van der Waals surface area contributed by atoms with Crippen molar-refractivity contribution in [2.75, 3.05) is 13.1 Å². The Morgan fingerprint density at radius 2 is 2.32 bits per heavy atom. The van der Waals surface area contributed by atoms with Gasteiger partial charge in [0.15, 0.2) is 0 Å². The van der Waals surface area contributed by atoms with E-state index in [2.05, 4.69) is 6.07 Å². The van der Waals surface area contributed by atoms with Crippen LogP contribution in [0.25, 0.3) is 5.52 Å². The van der Waals surface area contributed by atoms with Gasteiger partial charge in [-0.1, -0.05) is 13.0 Å². The van der Waals surface area contributed by atoms with Crippen molar-refractivity contribution in [1.29, 1.82) is 5.26 Å². The molecule has 98 valence electrons. The molecule has 0 aliphatic carbocycles. The molecule has 5 heteroatoms. The number of hydrogen-bond acceptors (Lipinski definition) is 3. The Morgan fingerprint density at radius 3 is 2.95 bits per heavy atom. The normalized spacial score (nSPS) is 10.8. The van der Waals surface area contributed by atoms with Gasteiger partial charge in [-0.3, -0.25) is 9.69 Å². The van der Waals surface area contributed by atoms with Crippen LogP contribution in [0.1, 0.15) is 18.1 Å². The quantitative estimate of drug-likeness (QED) is 0.885. The first kappa shape index (κ1) is 13.1. The van der Waals surface area contributed by atoms with E-state index >= 15 is 0 Å². The number of carboxylic acids is 1. The van der Waals surface area contributed by atoms with Gasteiger partial charge in [0.05, 0.1) is 17.6 Å². The zero-order chi connectivity index (χ0) is 13.8. The standard InChI is InChI=1S/C14H15N3O2/c1-2-16(10-14(18)19)8-11-9-17-6-4-3-5-13(17)12(11)7-15/h3-6,9H,2,8,10H2,1H3,(H,18,19). The van der Waals surface area contributed by atoms with E-state index < -0.39 is 5.97 Å². The molecule has 0 atom stereocenters. The summed E-state index contributed by atoms with van der Waals surface area (Å²) in [7, 11) is 0. The van der Waals surface area contributed by atoms with E-state index in [4.69, 9.17) is 5.11 Å². The maximum Gasteiger partial charge on any atom is 0.317 e. The number of rotatable bonds is 5. The molecule has 2 heterocycles. The minimum atomic E-state index is -0.857. The van der Waals surface area contributed by atoms with Gasteiger partial charge in [0.25, 0.3) is 0 Å². The highest BCUT2D eigenvalue weighted by Crippen LogP contribution is 2.19. The van der Waals surface area contributed by atoms with Crippen LogP contribution in [0.3, 0.4) is 0 Å². The number of aliphatic carboxylic acids is 1. The molecule has 0 saturated carbocycles. The number of carboxylic acid groups (broad SMARTS) is 1. The van der Waals surface area contributed by atoms with Crippen molar-refractivity contribution in [3.8, 4) is 6.07 Å². The van der Waals surface area contributed by atoms with E-state index in [0.29, 0.717) is 18.7 Å². The molecule has 0 radical (unpaired) electrons. The topological polar surface area (TPSA) is 68.7 Å². The number of likely N-dealkylation sites (N-methyl/N-ethyl adjacent to an activating group) is 1. The van der Waals surface area contributed by atoms with Crippen molar-refractivity contribution in [1.82, 2.24) is 9.30 Å². The Balaban J connectivity index is 2.34. The van der Waals surface area contributed by atoms with Crippen LogP contribution in [-0.4, -0.2) is 33.5 Å². The zero-order valence-corrected chi connectivity index (χ0v) is 10.7. The first-order valence-corrected chi connectivity index (χ1v) is 6.08. The summed E-state index contributed by atoms with van der Waals surface area (Å²) in [6, 6.07) is 7.87. The van der Waals surface area contributed by atoms with Crippen LogP contribution in [0, 0.1) is 11.3 Å². The molecule has 0 bridgehead atoms. The summed E-state index contributed by atoms with van der Waals surface area (Å²) in [5, 5.41) is 18.1. The number of carbonyl (C=O) groups is 1. The lowest BCUT2D eigenvalue weighted by molar-refractivity contribution is -0.138. The van der Waals surface area contributed by atoms with Crippen molar-refractivity contribution >= 4 is 11.5 Å². The number of aromatic nitrogens is 1. The van der Waals surface area contributed by atoms with E-state index in [1.165, 1.54) is 0 Å². The molecule has 0 aliphatic rings. The largest absolute Gasteiger partial charge is 0.480 e. The predicted octanol–water partition coefficient (Wildman–Crippen LogP) is 1.72. The SMILES string of the molecule is CCN(CC(=O)O)Cc1cn2ccccc2c1C#N. The Bertz CT molecular complexity index is 640. The van der Waals surface area contributed by atoms with Crippen molar-refractivity contribution in [3.63, 3.8) is 0 Å². The van der Waals surface area contributed by atoms with Crippen LogP contribution >= 0.6 is 0 Å². The third-order valence-corrected chi connectivity index (χ3v) is 3.07. The monoisotopic (exact) mass is 257 g/mol. The predicted molar refractivity (Wildman–Crippen MR) is 70.7 cm³/mol. The van der Waals surface area contributed by atoms with Crippen LogP contribution in [0.4, 0.5) is 0 Å². The summed E-state index contributed by atoms with van der Waals surface area (Å²) < 4.78 is 1.89. The summed E-state index contributed by atoms with van der Waals surface area (Å²) in [6.45, 7) is 2.98. The van der Waals surface area contributed by atoms with Gasteiger partial charge >= 0.3 is 5.97 Å². The van der Waals surface area contributed by atoms with Gasteiger partial charge < -0.3 is 9.51 Å². The van der Waals surface area contributed by atoms with E-state index in [1.807, 2.05) is 41.9 Å². The Hall–Kier alpha value is -2.32. The molecule has 0 saturated heterocycles. The van der Waals surface area contributed by atoms with Gasteiger partial charge in [0, 0.05) is 24.5 Å². The average Bonchev–Trinajstić information content (AvgIpc) is 2.74. The molecule has 0 aromatic carbocycles. The molecule has 0 spiro atoms. The number of hydrogen-bond donors (Lipinski definition) is 1. The summed E-state index contributed by atoms with van der Waals surface area (Å²) in [4.78, 5) is 12.6. The van der Waals surface area contributed by atoms with E-state index in [1.54, 1.807) is 4.90 Å². The molecular weight excluding hydrogens is 242 g/mol. The van der Waals surface area contributed by atoms with Gasteiger partial charge in [-0.15, -0.1) is 0 Å². The maximum atomic E-state index is 10.8. The van der Waals surface area contributed by atoms with Crippen LogP contribution in [0.2, 0.25) is 0 Å². The highest BCUT2D eigenvalue weighted by Gasteiger charge is 2.14. The average molecular weight is 257 g/mol. The fourth-order valence-corrected chi connectivity index (χ4v) is 2.14. The van der Waals surface area contributed by atoms with Crippen LogP contribution in [0.5, 0.6) is 0 Å². The van der Waals surface area contributed by atoms with Crippen molar-refractivity contribution in [3.05, 3.63) is 41.7 Å². The van der Waals surface area contributed by atoms with Gasteiger partial charge in [-0.05, 0) is 18.7 Å². The lowest BCUT2D eigenvalue weighted by Crippen LogP contribution is -2.29. The molecular formula is C14H15N3O2. The lowest BCUT2D eigenvalue weighted by Gasteiger charge is -2.17. The number of nitrogens with zero attached hydrogens (tertiary/aromatic N) is 3. The number of nitriles is 1. The second kappa shape index (κ2) is 5.55. The minimum absolute atomic E-state index is 0.0203. The third kappa shape index (κ3) is 2.75. The minimum Gasteiger partial charge on any atom is -0.480 e. The van der Waals surface area contributed by atoms with E-state index in [9.17, 15) is 10.1 Å². The van der Waals surface area contributed by atoms with E-state index in [-0.39, 0.29) is 6.54 Å². The van der Waals surface area contributed by atoms with Crippen LogP contribution < -0.4 is 0 Å². The number of pyridine rings is 1. The Labute approximate surface area is 111 Å². The molecule has 0 fully saturated rings. The highest BCUT2D eigenvalue weighted by molar-refractivity contribution is 5.69. The van der Waals surface area contributed by atoms with Crippen LogP contribution in [-0.2, 0) is 11.3 Å².